The van der Waals surface area contributed by atoms with Crippen LogP contribution in [0.4, 0.5) is 4.79 Å². The minimum atomic E-state index is -1.87. The molecule has 46 heavy (non-hydrogen) atoms. The summed E-state index contributed by atoms with van der Waals surface area (Å²) in [6.45, 7) is 9.70. The van der Waals surface area contributed by atoms with Crippen LogP contribution in [0.1, 0.15) is 67.5 Å². The number of pyridine rings is 2. The maximum atomic E-state index is 14.1. The minimum Gasteiger partial charge on any atom is -0.457 e. The number of amides is 1. The number of aryl methyl sites for hydroxylation is 1. The fourth-order valence-electron chi connectivity index (χ4n) is 6.57. The molecule has 2 aliphatic rings. The van der Waals surface area contributed by atoms with E-state index >= 15 is 0 Å². The summed E-state index contributed by atoms with van der Waals surface area (Å²) >= 11 is 0. The van der Waals surface area contributed by atoms with Gasteiger partial charge in [-0.1, -0.05) is 55.0 Å². The molecule has 0 N–H and O–H groups in total. The molecule has 1 amide bonds. The number of cyclic esters (lactones) is 1. The second-order valence-corrected chi connectivity index (χ2v) is 12.2. The van der Waals surface area contributed by atoms with Crippen molar-refractivity contribution in [3.05, 3.63) is 98.3 Å². The van der Waals surface area contributed by atoms with E-state index in [0.29, 0.717) is 24.4 Å². The number of hydrogen-bond donors (Lipinski definition) is 0. The SMILES string of the molecule is CC[C@@]1(OC(=O)OCc2ccc(C)cc2)C(=O)OCc2c1cc1n(c2=O)Cc2c-1nc1ccccc1c2CCN(C(C)=O)C(C)C. The van der Waals surface area contributed by atoms with Gasteiger partial charge in [0.2, 0.25) is 11.5 Å². The quantitative estimate of drug-likeness (QED) is 0.207. The number of hydrogen-bond acceptors (Lipinski definition) is 8. The highest BCUT2D eigenvalue weighted by atomic mass is 16.7. The van der Waals surface area contributed by atoms with E-state index < -0.39 is 17.7 Å². The summed E-state index contributed by atoms with van der Waals surface area (Å²) in [5.74, 6) is -0.766. The van der Waals surface area contributed by atoms with Crippen molar-refractivity contribution in [1.82, 2.24) is 14.5 Å². The number of para-hydroxylation sites is 1. The standard InChI is InChI=1S/C36H37N3O7/c1-6-36(46-35(43)45-19-24-13-11-22(4)12-14-24)29-17-31-32-27(18-39(31)33(41)28(29)20-44-34(36)42)25(15-16-38(21(2)3)23(5)40)26-9-7-8-10-30(26)37-32/h7-14,17,21H,6,15-16,18-20H2,1-5H3/t36-/m0/s1. The average Bonchev–Trinajstić information content (AvgIpc) is 3.40. The molecular weight excluding hydrogens is 586 g/mol. The highest BCUT2D eigenvalue weighted by molar-refractivity contribution is 5.89. The third-order valence-electron chi connectivity index (χ3n) is 9.05. The molecule has 0 spiro atoms. The molecule has 0 saturated heterocycles. The van der Waals surface area contributed by atoms with E-state index in [1.165, 1.54) is 0 Å². The first kappa shape index (κ1) is 31.0. The zero-order chi connectivity index (χ0) is 32.7. The number of rotatable bonds is 8. The molecule has 2 aliphatic heterocycles. The fraction of sp³-hybridized carbons (Fsp3) is 0.361. The van der Waals surface area contributed by atoms with E-state index in [4.69, 9.17) is 19.2 Å². The Hall–Kier alpha value is -4.99. The van der Waals surface area contributed by atoms with Crippen LogP contribution in [-0.4, -0.2) is 45.1 Å². The fourth-order valence-corrected chi connectivity index (χ4v) is 6.57. The van der Waals surface area contributed by atoms with E-state index in [2.05, 4.69) is 0 Å². The Labute approximate surface area is 266 Å². The number of benzene rings is 2. The lowest BCUT2D eigenvalue weighted by Crippen LogP contribution is -2.47. The van der Waals surface area contributed by atoms with Crippen LogP contribution >= 0.6 is 0 Å². The van der Waals surface area contributed by atoms with Crippen molar-refractivity contribution in [2.45, 2.75) is 78.9 Å². The summed E-state index contributed by atoms with van der Waals surface area (Å²) in [7, 11) is 0. The van der Waals surface area contributed by atoms with Crippen molar-refractivity contribution in [1.29, 1.82) is 0 Å². The number of esters is 1. The molecule has 6 rings (SSSR count). The molecule has 2 aromatic heterocycles. The number of ether oxygens (including phenoxy) is 3. The van der Waals surface area contributed by atoms with Crippen molar-refractivity contribution in [3.63, 3.8) is 0 Å². The maximum absolute atomic E-state index is 14.1. The predicted octanol–water partition coefficient (Wildman–Crippen LogP) is 5.55. The van der Waals surface area contributed by atoms with Crippen LogP contribution < -0.4 is 5.56 Å². The molecule has 2 aromatic carbocycles. The number of nitrogens with zero attached hydrogens (tertiary/aromatic N) is 3. The van der Waals surface area contributed by atoms with Gasteiger partial charge in [0.25, 0.3) is 5.56 Å². The maximum Gasteiger partial charge on any atom is 0.510 e. The average molecular weight is 624 g/mol. The molecule has 0 saturated carbocycles. The van der Waals surface area contributed by atoms with Crippen molar-refractivity contribution >= 4 is 28.9 Å². The summed E-state index contributed by atoms with van der Waals surface area (Å²) < 4.78 is 18.3. The van der Waals surface area contributed by atoms with Crippen molar-refractivity contribution < 1.29 is 28.6 Å². The van der Waals surface area contributed by atoms with Crippen LogP contribution in [0.5, 0.6) is 0 Å². The van der Waals surface area contributed by atoms with Gasteiger partial charge in [-0.25, -0.2) is 14.6 Å². The van der Waals surface area contributed by atoms with Gasteiger partial charge in [-0.05, 0) is 56.9 Å². The van der Waals surface area contributed by atoms with Gasteiger partial charge in [0, 0.05) is 36.0 Å². The van der Waals surface area contributed by atoms with Gasteiger partial charge in [-0.3, -0.25) is 9.59 Å². The van der Waals surface area contributed by atoms with Gasteiger partial charge in [-0.2, -0.15) is 0 Å². The highest BCUT2D eigenvalue weighted by Crippen LogP contribution is 2.42. The lowest BCUT2D eigenvalue weighted by molar-refractivity contribution is -0.175. The lowest BCUT2D eigenvalue weighted by atomic mass is 9.85. The smallest absolute Gasteiger partial charge is 0.457 e. The summed E-state index contributed by atoms with van der Waals surface area (Å²) in [5.41, 5.74) is 3.97. The lowest BCUT2D eigenvalue weighted by Gasteiger charge is -2.35. The number of carbonyl (C=O) groups is 3. The molecule has 1 atom stereocenters. The first-order valence-electron chi connectivity index (χ1n) is 15.6. The molecule has 4 aromatic rings. The monoisotopic (exact) mass is 623 g/mol. The topological polar surface area (TPSA) is 117 Å². The second kappa shape index (κ2) is 12.1. The van der Waals surface area contributed by atoms with E-state index in [1.807, 2.05) is 74.2 Å². The second-order valence-electron chi connectivity index (χ2n) is 12.2. The Morgan fingerprint density at radius 2 is 1.83 bits per heavy atom. The van der Waals surface area contributed by atoms with Gasteiger partial charge < -0.3 is 23.7 Å². The molecule has 0 unspecified atom stereocenters. The zero-order valence-corrected chi connectivity index (χ0v) is 26.7. The Kier molecular flexibility index (Phi) is 8.14. The molecule has 0 aliphatic carbocycles. The van der Waals surface area contributed by atoms with Gasteiger partial charge in [0.1, 0.15) is 13.2 Å². The molecule has 0 bridgehead atoms. The van der Waals surface area contributed by atoms with Crippen molar-refractivity contribution in [3.8, 4) is 11.4 Å². The van der Waals surface area contributed by atoms with Crippen molar-refractivity contribution in [2.24, 2.45) is 0 Å². The third-order valence-corrected chi connectivity index (χ3v) is 9.05. The molecule has 0 radical (unpaired) electrons. The summed E-state index contributed by atoms with van der Waals surface area (Å²) in [6.07, 6.45) is -0.442. The Bertz CT molecular complexity index is 1930. The van der Waals surface area contributed by atoms with Gasteiger partial charge >= 0.3 is 12.1 Å². The normalized spacial score (nSPS) is 16.4. The van der Waals surface area contributed by atoms with Crippen LogP contribution in [0, 0.1) is 6.92 Å². The van der Waals surface area contributed by atoms with Crippen LogP contribution in [0.3, 0.4) is 0 Å². The Morgan fingerprint density at radius 3 is 2.52 bits per heavy atom. The minimum absolute atomic E-state index is 0.00449. The summed E-state index contributed by atoms with van der Waals surface area (Å²) in [6, 6.07) is 17.1. The Balaban J connectivity index is 1.41. The van der Waals surface area contributed by atoms with E-state index in [-0.39, 0.29) is 54.8 Å². The largest absolute Gasteiger partial charge is 0.510 e. The zero-order valence-electron chi connectivity index (χ0n) is 26.7. The predicted molar refractivity (Wildman–Crippen MR) is 171 cm³/mol. The van der Waals surface area contributed by atoms with Crippen LogP contribution in [0.2, 0.25) is 0 Å². The molecule has 10 nitrogen and oxygen atoms in total. The molecule has 238 valence electrons. The number of fused-ring (bicyclic) bond motifs is 5. The molecular formula is C36H37N3O7. The van der Waals surface area contributed by atoms with Crippen LogP contribution in [0.15, 0.2) is 59.4 Å². The number of aromatic nitrogens is 2. The first-order chi connectivity index (χ1) is 22.0. The van der Waals surface area contributed by atoms with Gasteiger partial charge in [0.05, 0.1) is 29.0 Å². The van der Waals surface area contributed by atoms with Gasteiger partial charge in [-0.15, -0.1) is 0 Å². The van der Waals surface area contributed by atoms with E-state index in [1.54, 1.807) is 24.5 Å². The first-order valence-corrected chi connectivity index (χ1v) is 15.6. The highest BCUT2D eigenvalue weighted by Gasteiger charge is 2.51. The Morgan fingerprint density at radius 1 is 1.09 bits per heavy atom. The van der Waals surface area contributed by atoms with E-state index in [0.717, 1.165) is 33.2 Å². The molecule has 10 heteroatoms. The van der Waals surface area contributed by atoms with Crippen LogP contribution in [0.25, 0.3) is 22.3 Å². The third kappa shape index (κ3) is 5.31. The summed E-state index contributed by atoms with van der Waals surface area (Å²) in [5, 5.41) is 0.959. The summed E-state index contributed by atoms with van der Waals surface area (Å²) in [4.78, 5) is 59.7. The van der Waals surface area contributed by atoms with E-state index in [9.17, 15) is 19.2 Å². The van der Waals surface area contributed by atoms with Gasteiger partial charge in [0.15, 0.2) is 0 Å². The van der Waals surface area contributed by atoms with Crippen LogP contribution in [-0.2, 0) is 55.6 Å². The molecule has 4 heterocycles. The molecule has 0 fully saturated rings. The number of carbonyl (C=O) groups excluding carboxylic acids is 3. The van der Waals surface area contributed by atoms with Crippen molar-refractivity contribution in [2.75, 3.05) is 6.54 Å².